The molecule has 0 fully saturated rings. The molecule has 1 aromatic carbocycles. The molecule has 0 saturated heterocycles. The molecule has 0 aliphatic carbocycles. The van der Waals surface area contributed by atoms with Crippen LogP contribution in [0.1, 0.15) is 17.8 Å². The average Bonchev–Trinajstić information content (AvgIpc) is 3.03. The van der Waals surface area contributed by atoms with Crippen molar-refractivity contribution >= 4 is 10.9 Å². The van der Waals surface area contributed by atoms with E-state index < -0.39 is 0 Å². The highest BCUT2D eigenvalue weighted by atomic mass is 16.1. The molecule has 2 aromatic heterocycles. The van der Waals surface area contributed by atoms with Gasteiger partial charge in [0.25, 0.3) is 5.56 Å². The van der Waals surface area contributed by atoms with Crippen LogP contribution >= 0.6 is 0 Å². The Bertz CT molecular complexity index is 880. The predicted octanol–water partition coefficient (Wildman–Crippen LogP) is 2.08. The van der Waals surface area contributed by atoms with Crippen LogP contribution < -0.4 is 10.9 Å². The lowest BCUT2D eigenvalue weighted by Gasteiger charge is -2.24. The maximum absolute atomic E-state index is 12.1. The molecule has 2 N–H and O–H groups in total. The standard InChI is InChI=1S/C18H20N4O/c23-18-15(9-14-3-1-2-4-16(14)21-18)11-19-10-13-5-6-17-20-7-8-22(17)12-13/h1-4,7-9,13,19H,5-6,10-12H2,(H,21,23)/t13-/m0/s1. The average molecular weight is 308 g/mol. The van der Waals surface area contributed by atoms with Crippen LogP contribution in [0.15, 0.2) is 47.5 Å². The van der Waals surface area contributed by atoms with Gasteiger partial charge in [-0.05, 0) is 36.4 Å². The van der Waals surface area contributed by atoms with Gasteiger partial charge in [0.05, 0.1) is 0 Å². The first kappa shape index (κ1) is 14.2. The van der Waals surface area contributed by atoms with Crippen LogP contribution in [0.25, 0.3) is 10.9 Å². The highest BCUT2D eigenvalue weighted by molar-refractivity contribution is 5.78. The molecule has 118 valence electrons. The first-order chi connectivity index (χ1) is 11.3. The SMILES string of the molecule is O=c1[nH]c2ccccc2cc1CNC[C@@H]1CCc2nccn2C1. The Morgan fingerprint density at radius 2 is 2.26 bits per heavy atom. The largest absolute Gasteiger partial charge is 0.335 e. The van der Waals surface area contributed by atoms with E-state index in [1.165, 1.54) is 5.82 Å². The number of pyridine rings is 1. The van der Waals surface area contributed by atoms with Gasteiger partial charge in [-0.3, -0.25) is 4.79 Å². The van der Waals surface area contributed by atoms with Gasteiger partial charge in [0.2, 0.25) is 0 Å². The van der Waals surface area contributed by atoms with Crippen molar-refractivity contribution in [3.63, 3.8) is 0 Å². The zero-order valence-electron chi connectivity index (χ0n) is 13.0. The number of benzene rings is 1. The number of imidazole rings is 1. The first-order valence-electron chi connectivity index (χ1n) is 8.11. The van der Waals surface area contributed by atoms with Gasteiger partial charge in [-0.15, -0.1) is 0 Å². The summed E-state index contributed by atoms with van der Waals surface area (Å²) in [5, 5.41) is 4.52. The van der Waals surface area contributed by atoms with Gasteiger partial charge in [-0.1, -0.05) is 18.2 Å². The number of hydrogen-bond acceptors (Lipinski definition) is 3. The van der Waals surface area contributed by atoms with E-state index in [9.17, 15) is 4.79 Å². The summed E-state index contributed by atoms with van der Waals surface area (Å²) < 4.78 is 2.23. The summed E-state index contributed by atoms with van der Waals surface area (Å²) >= 11 is 0. The highest BCUT2D eigenvalue weighted by Gasteiger charge is 2.18. The van der Waals surface area contributed by atoms with Crippen molar-refractivity contribution in [3.8, 4) is 0 Å². The topological polar surface area (TPSA) is 62.7 Å². The summed E-state index contributed by atoms with van der Waals surface area (Å²) in [6.45, 7) is 2.54. The molecular formula is C18H20N4O. The number of aromatic amines is 1. The van der Waals surface area contributed by atoms with Crippen LogP contribution in [0, 0.1) is 5.92 Å². The molecule has 23 heavy (non-hydrogen) atoms. The van der Waals surface area contributed by atoms with Crippen molar-refractivity contribution in [2.45, 2.75) is 25.9 Å². The molecule has 0 amide bonds. The molecular weight excluding hydrogens is 288 g/mol. The van der Waals surface area contributed by atoms with Crippen molar-refractivity contribution in [2.24, 2.45) is 5.92 Å². The number of fused-ring (bicyclic) bond motifs is 2. The number of nitrogens with zero attached hydrogens (tertiary/aromatic N) is 2. The van der Waals surface area contributed by atoms with E-state index in [-0.39, 0.29) is 5.56 Å². The Hall–Kier alpha value is -2.40. The Morgan fingerprint density at radius 1 is 1.35 bits per heavy atom. The zero-order valence-corrected chi connectivity index (χ0v) is 13.0. The number of hydrogen-bond donors (Lipinski definition) is 2. The second kappa shape index (κ2) is 6.01. The Morgan fingerprint density at radius 3 is 3.22 bits per heavy atom. The Labute approximate surface area is 134 Å². The lowest BCUT2D eigenvalue weighted by molar-refractivity contribution is 0.347. The Balaban J connectivity index is 1.40. The summed E-state index contributed by atoms with van der Waals surface area (Å²) in [4.78, 5) is 19.4. The summed E-state index contributed by atoms with van der Waals surface area (Å²) in [5.41, 5.74) is 1.68. The fraction of sp³-hybridized carbons (Fsp3) is 0.333. The molecule has 3 aromatic rings. The van der Waals surface area contributed by atoms with Crippen LogP contribution in [0.5, 0.6) is 0 Å². The zero-order chi connectivity index (χ0) is 15.6. The van der Waals surface area contributed by atoms with Crippen LogP contribution in [-0.2, 0) is 19.5 Å². The molecule has 0 saturated carbocycles. The van der Waals surface area contributed by atoms with Crippen LogP contribution in [0.3, 0.4) is 0 Å². The van der Waals surface area contributed by atoms with Crippen molar-refractivity contribution in [2.75, 3.05) is 6.54 Å². The lowest BCUT2D eigenvalue weighted by Crippen LogP contribution is -2.31. The third-order valence-electron chi connectivity index (χ3n) is 4.61. The van der Waals surface area contributed by atoms with Gasteiger partial charge in [0.1, 0.15) is 5.82 Å². The second-order valence-corrected chi connectivity index (χ2v) is 6.24. The lowest BCUT2D eigenvalue weighted by atomic mass is 9.99. The minimum atomic E-state index is -0.00302. The van der Waals surface area contributed by atoms with Crippen LogP contribution in [-0.4, -0.2) is 21.1 Å². The van der Waals surface area contributed by atoms with Gasteiger partial charge in [0.15, 0.2) is 0 Å². The van der Waals surface area contributed by atoms with Gasteiger partial charge in [-0.2, -0.15) is 0 Å². The predicted molar refractivity (Wildman–Crippen MR) is 90.3 cm³/mol. The van der Waals surface area contributed by atoms with Gasteiger partial charge in [0, 0.05) is 43.0 Å². The van der Waals surface area contributed by atoms with Crippen LogP contribution in [0.4, 0.5) is 0 Å². The monoisotopic (exact) mass is 308 g/mol. The summed E-state index contributed by atoms with van der Waals surface area (Å²) in [5.74, 6) is 1.78. The smallest absolute Gasteiger partial charge is 0.252 e. The number of nitrogens with one attached hydrogen (secondary N) is 2. The summed E-state index contributed by atoms with van der Waals surface area (Å²) in [6, 6.07) is 9.86. The molecule has 0 spiro atoms. The molecule has 5 heteroatoms. The minimum absolute atomic E-state index is 0.00302. The number of aromatic nitrogens is 3. The van der Waals surface area contributed by atoms with E-state index in [1.807, 2.05) is 36.5 Å². The maximum Gasteiger partial charge on any atom is 0.252 e. The third kappa shape index (κ3) is 2.92. The van der Waals surface area contributed by atoms with Crippen molar-refractivity contribution in [3.05, 3.63) is 64.5 Å². The quantitative estimate of drug-likeness (QED) is 0.775. The van der Waals surface area contributed by atoms with E-state index in [1.54, 1.807) is 0 Å². The van der Waals surface area contributed by atoms with Crippen molar-refractivity contribution in [1.29, 1.82) is 0 Å². The molecule has 0 bridgehead atoms. The number of aryl methyl sites for hydroxylation is 1. The highest BCUT2D eigenvalue weighted by Crippen LogP contribution is 2.18. The van der Waals surface area contributed by atoms with Crippen molar-refractivity contribution in [1.82, 2.24) is 19.9 Å². The van der Waals surface area contributed by atoms with Crippen LogP contribution in [0.2, 0.25) is 0 Å². The fourth-order valence-electron chi connectivity index (χ4n) is 3.34. The third-order valence-corrected chi connectivity index (χ3v) is 4.61. The molecule has 3 heterocycles. The molecule has 4 rings (SSSR count). The fourth-order valence-corrected chi connectivity index (χ4v) is 3.34. The first-order valence-corrected chi connectivity index (χ1v) is 8.11. The van der Waals surface area contributed by atoms with E-state index in [4.69, 9.17) is 0 Å². The minimum Gasteiger partial charge on any atom is -0.335 e. The molecule has 1 atom stereocenters. The van der Waals surface area contributed by atoms with Gasteiger partial charge >= 0.3 is 0 Å². The maximum atomic E-state index is 12.1. The number of H-pyrrole nitrogens is 1. The normalized spacial score (nSPS) is 17.3. The van der Waals surface area contributed by atoms with E-state index in [0.717, 1.165) is 42.4 Å². The van der Waals surface area contributed by atoms with E-state index >= 15 is 0 Å². The molecule has 1 aliphatic heterocycles. The van der Waals surface area contributed by atoms with Gasteiger partial charge in [-0.25, -0.2) is 4.98 Å². The summed E-state index contributed by atoms with van der Waals surface area (Å²) in [7, 11) is 0. The molecule has 5 nitrogen and oxygen atoms in total. The molecule has 0 unspecified atom stereocenters. The van der Waals surface area contributed by atoms with E-state index in [2.05, 4.69) is 26.0 Å². The summed E-state index contributed by atoms with van der Waals surface area (Å²) in [6.07, 6.45) is 6.11. The van der Waals surface area contributed by atoms with Gasteiger partial charge < -0.3 is 14.9 Å². The van der Waals surface area contributed by atoms with Crippen molar-refractivity contribution < 1.29 is 0 Å². The number of rotatable bonds is 4. The number of para-hydroxylation sites is 1. The second-order valence-electron chi connectivity index (χ2n) is 6.24. The van der Waals surface area contributed by atoms with E-state index in [0.29, 0.717) is 12.5 Å². The Kier molecular flexibility index (Phi) is 3.71. The molecule has 0 radical (unpaired) electrons. The molecule has 1 aliphatic rings.